The zero-order chi connectivity index (χ0) is 14.9. The molecule has 2 N–H and O–H groups in total. The average Bonchev–Trinajstić information content (AvgIpc) is 2.77. The van der Waals surface area contributed by atoms with Gasteiger partial charge in [0.15, 0.2) is 0 Å². The standard InChI is InChI=1S/C15H18ClNO2S/c1-8-7-12(20-9(8)2)14(17)10-5-6-11(18-3)13(16)15(10)19-4/h5-7,14H,17H2,1-4H3. The minimum absolute atomic E-state index is 0.259. The Hall–Kier alpha value is -1.23. The lowest BCUT2D eigenvalue weighted by Crippen LogP contribution is -2.12. The topological polar surface area (TPSA) is 44.5 Å². The van der Waals surface area contributed by atoms with Gasteiger partial charge in [0.25, 0.3) is 0 Å². The van der Waals surface area contributed by atoms with E-state index in [1.807, 2.05) is 12.1 Å². The largest absolute Gasteiger partial charge is 0.495 e. The summed E-state index contributed by atoms with van der Waals surface area (Å²) in [5, 5.41) is 0.452. The Bertz CT molecular complexity index is 605. The quantitative estimate of drug-likeness (QED) is 0.925. The molecule has 0 spiro atoms. The minimum atomic E-state index is -0.259. The molecule has 0 aliphatic carbocycles. The first-order chi connectivity index (χ1) is 9.49. The van der Waals surface area contributed by atoms with Crippen molar-refractivity contribution in [1.29, 1.82) is 0 Å². The molecule has 0 radical (unpaired) electrons. The molecule has 5 heteroatoms. The lowest BCUT2D eigenvalue weighted by atomic mass is 10.0. The maximum absolute atomic E-state index is 6.37. The number of hydrogen-bond donors (Lipinski definition) is 1. The van der Waals surface area contributed by atoms with Gasteiger partial charge in [-0.3, -0.25) is 0 Å². The van der Waals surface area contributed by atoms with Crippen molar-refractivity contribution < 1.29 is 9.47 Å². The van der Waals surface area contributed by atoms with Crippen molar-refractivity contribution in [2.45, 2.75) is 19.9 Å². The first kappa shape index (κ1) is 15.2. The smallest absolute Gasteiger partial charge is 0.146 e. The van der Waals surface area contributed by atoms with Gasteiger partial charge >= 0.3 is 0 Å². The Labute approximate surface area is 128 Å². The van der Waals surface area contributed by atoms with Gasteiger partial charge in [-0.15, -0.1) is 11.3 Å². The highest BCUT2D eigenvalue weighted by atomic mass is 35.5. The van der Waals surface area contributed by atoms with Gasteiger partial charge in [0.05, 0.1) is 20.3 Å². The fourth-order valence-electron chi connectivity index (χ4n) is 2.07. The number of halogens is 1. The normalized spacial score (nSPS) is 12.3. The van der Waals surface area contributed by atoms with Crippen LogP contribution in [0.4, 0.5) is 0 Å². The summed E-state index contributed by atoms with van der Waals surface area (Å²) in [7, 11) is 3.16. The van der Waals surface area contributed by atoms with E-state index in [2.05, 4.69) is 19.9 Å². The first-order valence-corrected chi connectivity index (χ1v) is 7.42. The van der Waals surface area contributed by atoms with Crippen LogP contribution in [-0.2, 0) is 0 Å². The van der Waals surface area contributed by atoms with E-state index in [1.165, 1.54) is 10.4 Å². The molecule has 1 unspecified atom stereocenters. The molecule has 1 atom stereocenters. The molecule has 3 nitrogen and oxygen atoms in total. The number of ether oxygens (including phenoxy) is 2. The number of nitrogens with two attached hydrogens (primary N) is 1. The SMILES string of the molecule is COc1ccc(C(N)c2cc(C)c(C)s2)c(OC)c1Cl. The molecule has 1 aromatic carbocycles. The van der Waals surface area contributed by atoms with Crippen molar-refractivity contribution in [2.24, 2.45) is 5.73 Å². The zero-order valence-corrected chi connectivity index (χ0v) is 13.6. The monoisotopic (exact) mass is 311 g/mol. The van der Waals surface area contributed by atoms with Crippen LogP contribution in [0.25, 0.3) is 0 Å². The van der Waals surface area contributed by atoms with Crippen molar-refractivity contribution in [3.8, 4) is 11.5 Å². The van der Waals surface area contributed by atoms with Crippen LogP contribution in [0.1, 0.15) is 26.9 Å². The van der Waals surface area contributed by atoms with E-state index >= 15 is 0 Å². The molecule has 1 aromatic heterocycles. The number of hydrogen-bond acceptors (Lipinski definition) is 4. The van der Waals surface area contributed by atoms with Crippen LogP contribution in [0.3, 0.4) is 0 Å². The van der Waals surface area contributed by atoms with E-state index in [-0.39, 0.29) is 6.04 Å². The third-order valence-electron chi connectivity index (χ3n) is 3.34. The molecule has 2 aromatic rings. The lowest BCUT2D eigenvalue weighted by molar-refractivity contribution is 0.390. The summed E-state index contributed by atoms with van der Waals surface area (Å²) in [6.07, 6.45) is 0. The number of thiophene rings is 1. The first-order valence-electron chi connectivity index (χ1n) is 6.22. The van der Waals surface area contributed by atoms with Crippen molar-refractivity contribution >= 4 is 22.9 Å². The van der Waals surface area contributed by atoms with E-state index in [0.717, 1.165) is 10.4 Å². The third-order valence-corrected chi connectivity index (χ3v) is 4.94. The van der Waals surface area contributed by atoms with Crippen LogP contribution < -0.4 is 15.2 Å². The van der Waals surface area contributed by atoms with Gasteiger partial charge in [-0.1, -0.05) is 11.6 Å². The second-order valence-electron chi connectivity index (χ2n) is 4.57. The van der Waals surface area contributed by atoms with Crippen molar-refractivity contribution in [3.63, 3.8) is 0 Å². The maximum atomic E-state index is 6.37. The Balaban J connectivity index is 2.49. The Morgan fingerprint density at radius 2 is 1.90 bits per heavy atom. The van der Waals surface area contributed by atoms with Crippen LogP contribution in [0.2, 0.25) is 5.02 Å². The van der Waals surface area contributed by atoms with Crippen LogP contribution in [-0.4, -0.2) is 14.2 Å². The van der Waals surface area contributed by atoms with E-state index in [9.17, 15) is 0 Å². The van der Waals surface area contributed by atoms with Crippen molar-refractivity contribution in [1.82, 2.24) is 0 Å². The molecule has 0 bridgehead atoms. The maximum Gasteiger partial charge on any atom is 0.146 e. The Morgan fingerprint density at radius 3 is 2.40 bits per heavy atom. The highest BCUT2D eigenvalue weighted by molar-refractivity contribution is 7.12. The van der Waals surface area contributed by atoms with E-state index in [0.29, 0.717) is 16.5 Å². The van der Waals surface area contributed by atoms with Gasteiger partial charge in [-0.05, 0) is 37.6 Å². The fraction of sp³-hybridized carbons (Fsp3) is 0.333. The van der Waals surface area contributed by atoms with Gasteiger partial charge in [0.1, 0.15) is 16.5 Å². The predicted molar refractivity (Wildman–Crippen MR) is 84.4 cm³/mol. The van der Waals surface area contributed by atoms with Crippen LogP contribution in [0, 0.1) is 13.8 Å². The second-order valence-corrected chi connectivity index (χ2v) is 6.24. The third kappa shape index (κ3) is 2.64. The van der Waals surface area contributed by atoms with Crippen LogP contribution in [0.5, 0.6) is 11.5 Å². The molecule has 0 fully saturated rings. The van der Waals surface area contributed by atoms with Crippen LogP contribution >= 0.6 is 22.9 Å². The molecule has 0 aliphatic rings. The summed E-state index contributed by atoms with van der Waals surface area (Å²) in [6.45, 7) is 4.18. The van der Waals surface area contributed by atoms with Crippen LogP contribution in [0.15, 0.2) is 18.2 Å². The molecule has 108 valence electrons. The van der Waals surface area contributed by atoms with Gasteiger partial charge < -0.3 is 15.2 Å². The van der Waals surface area contributed by atoms with E-state index in [1.54, 1.807) is 25.6 Å². The second kappa shape index (κ2) is 6.04. The number of rotatable bonds is 4. The number of benzene rings is 1. The highest BCUT2D eigenvalue weighted by Crippen LogP contribution is 2.41. The predicted octanol–water partition coefficient (Wildman–Crippen LogP) is 4.08. The molecule has 0 amide bonds. The molecule has 0 aliphatic heterocycles. The molecular weight excluding hydrogens is 294 g/mol. The molecule has 1 heterocycles. The van der Waals surface area contributed by atoms with E-state index < -0.39 is 0 Å². The van der Waals surface area contributed by atoms with Gasteiger partial charge in [-0.2, -0.15) is 0 Å². The summed E-state index contributed by atoms with van der Waals surface area (Å²) in [4.78, 5) is 2.37. The Kier molecular flexibility index (Phi) is 4.58. The van der Waals surface area contributed by atoms with Gasteiger partial charge in [0.2, 0.25) is 0 Å². The molecule has 0 saturated heterocycles. The zero-order valence-electron chi connectivity index (χ0n) is 12.0. The minimum Gasteiger partial charge on any atom is -0.495 e. The Morgan fingerprint density at radius 1 is 1.20 bits per heavy atom. The summed E-state index contributed by atoms with van der Waals surface area (Å²) >= 11 is 7.98. The lowest BCUT2D eigenvalue weighted by Gasteiger charge is -2.17. The summed E-state index contributed by atoms with van der Waals surface area (Å²) in [5.41, 5.74) is 8.48. The van der Waals surface area contributed by atoms with Gasteiger partial charge in [-0.25, -0.2) is 0 Å². The molecular formula is C15H18ClNO2S. The molecule has 0 saturated carbocycles. The summed E-state index contributed by atoms with van der Waals surface area (Å²) < 4.78 is 10.6. The molecule has 2 rings (SSSR count). The van der Waals surface area contributed by atoms with Crippen molar-refractivity contribution in [3.05, 3.63) is 44.1 Å². The molecule has 20 heavy (non-hydrogen) atoms. The van der Waals surface area contributed by atoms with Crippen molar-refractivity contribution in [2.75, 3.05) is 14.2 Å². The number of aryl methyl sites for hydroxylation is 2. The summed E-state index contributed by atoms with van der Waals surface area (Å²) in [6, 6.07) is 5.57. The summed E-state index contributed by atoms with van der Waals surface area (Å²) in [5.74, 6) is 1.15. The fourth-order valence-corrected chi connectivity index (χ4v) is 3.46. The number of methoxy groups -OCH3 is 2. The highest BCUT2D eigenvalue weighted by Gasteiger charge is 2.20. The van der Waals surface area contributed by atoms with Gasteiger partial charge in [0, 0.05) is 15.3 Å². The average molecular weight is 312 g/mol. The van der Waals surface area contributed by atoms with E-state index in [4.69, 9.17) is 26.8 Å².